The summed E-state index contributed by atoms with van der Waals surface area (Å²) in [6, 6.07) is 0. The molecule has 4 bridgehead atoms. The molecule has 0 amide bonds. The molecule has 0 spiro atoms. The van der Waals surface area contributed by atoms with Crippen LogP contribution in [0.1, 0.15) is 65.7 Å². The zero-order chi connectivity index (χ0) is 23.5. The van der Waals surface area contributed by atoms with Crippen molar-refractivity contribution in [1.82, 2.24) is 0 Å². The van der Waals surface area contributed by atoms with Crippen LogP contribution in [0, 0.1) is 22.7 Å². The van der Waals surface area contributed by atoms with E-state index in [9.17, 15) is 31.2 Å². The Bertz CT molecular complexity index is 835. The topological polar surface area (TPSA) is 107 Å². The van der Waals surface area contributed by atoms with Gasteiger partial charge < -0.3 is 9.47 Å². The summed E-state index contributed by atoms with van der Waals surface area (Å²) in [5, 5.41) is 0. The van der Waals surface area contributed by atoms with Crippen LogP contribution in [0.25, 0.3) is 0 Å². The SMILES string of the molecule is CCC(C)(C)C(=O)OC12CC3CC(C1)CC(C(=O)OC(CS(=O)(=O)O)C(F)(F)F)(C3)C2. The maximum atomic E-state index is 13.3. The Labute approximate surface area is 179 Å². The molecule has 7 nitrogen and oxygen atoms in total. The van der Waals surface area contributed by atoms with Crippen LogP contribution in [-0.4, -0.2) is 48.5 Å². The van der Waals surface area contributed by atoms with Crippen molar-refractivity contribution < 1.29 is 45.2 Å². The van der Waals surface area contributed by atoms with E-state index in [0.717, 1.165) is 6.42 Å². The summed E-state index contributed by atoms with van der Waals surface area (Å²) in [7, 11) is -5.02. The Kier molecular flexibility index (Phi) is 5.96. The third-order valence-corrected chi connectivity index (χ3v) is 7.89. The number of rotatable bonds is 7. The smallest absolute Gasteiger partial charge is 0.426 e. The molecule has 0 aromatic carbocycles. The molecule has 0 aromatic heterocycles. The van der Waals surface area contributed by atoms with Gasteiger partial charge in [-0.25, -0.2) is 0 Å². The van der Waals surface area contributed by atoms with Gasteiger partial charge in [-0.1, -0.05) is 6.92 Å². The monoisotopic (exact) mass is 470 g/mol. The van der Waals surface area contributed by atoms with Gasteiger partial charge in [0.05, 0.1) is 10.8 Å². The fourth-order valence-corrected chi connectivity index (χ4v) is 6.30. The molecule has 4 aliphatic rings. The first-order valence-electron chi connectivity index (χ1n) is 10.5. The molecule has 4 fully saturated rings. The normalized spacial score (nSPS) is 33.8. The lowest BCUT2D eigenvalue weighted by atomic mass is 9.48. The van der Waals surface area contributed by atoms with Gasteiger partial charge >= 0.3 is 18.1 Å². The van der Waals surface area contributed by atoms with Crippen LogP contribution < -0.4 is 0 Å². The van der Waals surface area contributed by atoms with Gasteiger partial charge in [0.2, 0.25) is 6.10 Å². The Morgan fingerprint density at radius 1 is 1.13 bits per heavy atom. The highest BCUT2D eigenvalue weighted by atomic mass is 32.2. The summed E-state index contributed by atoms with van der Waals surface area (Å²) in [6.45, 7) is 5.36. The number of carbonyl (C=O) groups excluding carboxylic acids is 2. The van der Waals surface area contributed by atoms with E-state index in [1.807, 2.05) is 6.92 Å². The molecule has 4 rings (SSSR count). The Hall–Kier alpha value is -1.36. The van der Waals surface area contributed by atoms with Gasteiger partial charge in [0, 0.05) is 6.42 Å². The Balaban J connectivity index is 1.84. The zero-order valence-corrected chi connectivity index (χ0v) is 18.6. The second-order valence-corrected chi connectivity index (χ2v) is 11.7. The van der Waals surface area contributed by atoms with Crippen molar-refractivity contribution in [2.24, 2.45) is 22.7 Å². The fourth-order valence-electron chi connectivity index (χ4n) is 5.66. The van der Waals surface area contributed by atoms with Gasteiger partial charge in [-0.15, -0.1) is 0 Å². The standard InChI is InChI=1S/C20H29F3O7S/c1-4-17(2,3)15(24)30-19-8-12-5-13(9-19)7-18(6-12,11-19)16(25)29-14(20(21,22)23)10-31(26,27)28/h12-14H,4-11H2,1-3H3,(H,26,27,28). The van der Waals surface area contributed by atoms with E-state index in [1.54, 1.807) is 13.8 Å². The van der Waals surface area contributed by atoms with Gasteiger partial charge in [-0.2, -0.15) is 21.6 Å². The van der Waals surface area contributed by atoms with Crippen molar-refractivity contribution in [3.05, 3.63) is 0 Å². The van der Waals surface area contributed by atoms with Crippen LogP contribution >= 0.6 is 0 Å². The first-order valence-corrected chi connectivity index (χ1v) is 12.1. The van der Waals surface area contributed by atoms with E-state index in [0.29, 0.717) is 32.1 Å². The van der Waals surface area contributed by atoms with E-state index < -0.39 is 56.5 Å². The third kappa shape index (κ3) is 5.02. The molecule has 0 radical (unpaired) electrons. The van der Waals surface area contributed by atoms with E-state index >= 15 is 0 Å². The van der Waals surface area contributed by atoms with Crippen molar-refractivity contribution in [3.63, 3.8) is 0 Å². The second-order valence-electron chi connectivity index (χ2n) is 10.2. The summed E-state index contributed by atoms with van der Waals surface area (Å²) in [6.07, 6.45) is -4.96. The predicted octanol–water partition coefficient (Wildman–Crippen LogP) is 3.67. The van der Waals surface area contributed by atoms with Crippen molar-refractivity contribution >= 4 is 22.1 Å². The molecular weight excluding hydrogens is 441 g/mol. The number of hydrogen-bond donors (Lipinski definition) is 1. The first-order chi connectivity index (χ1) is 14.0. The van der Waals surface area contributed by atoms with Crippen LogP contribution in [0.4, 0.5) is 13.2 Å². The lowest BCUT2D eigenvalue weighted by molar-refractivity contribution is -0.239. The molecule has 11 heteroatoms. The number of hydrogen-bond acceptors (Lipinski definition) is 6. The maximum absolute atomic E-state index is 13.3. The molecule has 1 N–H and O–H groups in total. The van der Waals surface area contributed by atoms with E-state index in [1.165, 1.54) is 0 Å². The molecule has 178 valence electrons. The van der Waals surface area contributed by atoms with Crippen molar-refractivity contribution in [2.45, 2.75) is 83.6 Å². The predicted molar refractivity (Wildman–Crippen MR) is 102 cm³/mol. The number of alkyl halides is 3. The highest BCUT2D eigenvalue weighted by molar-refractivity contribution is 7.85. The van der Waals surface area contributed by atoms with Crippen LogP contribution in [0.15, 0.2) is 0 Å². The van der Waals surface area contributed by atoms with Crippen LogP contribution in [0.5, 0.6) is 0 Å². The minimum atomic E-state index is -5.15. The average Bonchev–Trinajstić information content (AvgIpc) is 2.57. The number of carbonyl (C=O) groups is 2. The Morgan fingerprint density at radius 2 is 1.68 bits per heavy atom. The van der Waals surface area contributed by atoms with E-state index in [-0.39, 0.29) is 18.3 Å². The van der Waals surface area contributed by atoms with Crippen molar-refractivity contribution in [1.29, 1.82) is 0 Å². The van der Waals surface area contributed by atoms with Crippen molar-refractivity contribution in [2.75, 3.05) is 5.75 Å². The maximum Gasteiger partial charge on any atom is 0.426 e. The minimum absolute atomic E-state index is 0.0113. The molecule has 3 atom stereocenters. The van der Waals surface area contributed by atoms with Gasteiger partial charge in [-0.05, 0) is 64.2 Å². The molecular formula is C20H29F3O7S. The summed E-state index contributed by atoms with van der Waals surface area (Å²) in [5.41, 5.74) is -2.92. The summed E-state index contributed by atoms with van der Waals surface area (Å²) in [5.74, 6) is -3.27. The minimum Gasteiger partial charge on any atom is -0.459 e. The first kappa shape index (κ1) is 24.3. The lowest BCUT2D eigenvalue weighted by Crippen LogP contribution is -2.61. The van der Waals surface area contributed by atoms with Crippen molar-refractivity contribution in [3.8, 4) is 0 Å². The van der Waals surface area contributed by atoms with Gasteiger partial charge in [0.1, 0.15) is 11.4 Å². The molecule has 0 aromatic rings. The summed E-state index contributed by atoms with van der Waals surface area (Å²) in [4.78, 5) is 25.7. The second kappa shape index (κ2) is 7.60. The third-order valence-electron chi connectivity index (χ3n) is 7.16. The summed E-state index contributed by atoms with van der Waals surface area (Å²) < 4.78 is 81.3. The molecule has 4 aliphatic carbocycles. The molecule has 0 aliphatic heterocycles. The molecule has 31 heavy (non-hydrogen) atoms. The van der Waals surface area contributed by atoms with Gasteiger partial charge in [0.15, 0.2) is 0 Å². The highest BCUT2D eigenvalue weighted by Gasteiger charge is 2.64. The highest BCUT2D eigenvalue weighted by Crippen LogP contribution is 2.63. The Morgan fingerprint density at radius 3 is 2.13 bits per heavy atom. The zero-order valence-electron chi connectivity index (χ0n) is 17.8. The number of ether oxygens (including phenoxy) is 2. The quantitative estimate of drug-likeness (QED) is 0.447. The van der Waals surface area contributed by atoms with Crippen LogP contribution in [0.2, 0.25) is 0 Å². The van der Waals surface area contributed by atoms with Gasteiger partial charge in [-0.3, -0.25) is 14.1 Å². The molecule has 4 saturated carbocycles. The summed E-state index contributed by atoms with van der Waals surface area (Å²) >= 11 is 0. The molecule has 0 heterocycles. The molecule has 3 unspecified atom stereocenters. The molecule has 0 saturated heterocycles. The average molecular weight is 471 g/mol. The fraction of sp³-hybridized carbons (Fsp3) is 0.900. The van der Waals surface area contributed by atoms with E-state index in [2.05, 4.69) is 4.74 Å². The van der Waals surface area contributed by atoms with Gasteiger partial charge in [0.25, 0.3) is 10.1 Å². The van der Waals surface area contributed by atoms with Crippen LogP contribution in [0.3, 0.4) is 0 Å². The number of esters is 2. The largest absolute Gasteiger partial charge is 0.459 e. The lowest BCUT2D eigenvalue weighted by Gasteiger charge is -2.60. The van der Waals surface area contributed by atoms with Crippen LogP contribution in [-0.2, 0) is 29.2 Å². The number of halogens is 3. The van der Waals surface area contributed by atoms with E-state index in [4.69, 9.17) is 9.29 Å².